The summed E-state index contributed by atoms with van der Waals surface area (Å²) in [7, 11) is 1.61. The second-order valence-corrected chi connectivity index (χ2v) is 9.68. The van der Waals surface area contributed by atoms with Gasteiger partial charge in [0.15, 0.2) is 6.61 Å². The number of methoxy groups -OCH3 is 1. The molecule has 6 nitrogen and oxygen atoms in total. The van der Waals surface area contributed by atoms with Crippen molar-refractivity contribution in [1.29, 1.82) is 0 Å². The molecule has 35 heavy (non-hydrogen) atoms. The van der Waals surface area contributed by atoms with Crippen molar-refractivity contribution in [1.82, 2.24) is 10.2 Å². The van der Waals surface area contributed by atoms with Crippen LogP contribution in [-0.2, 0) is 16.1 Å². The number of halogens is 1. The summed E-state index contributed by atoms with van der Waals surface area (Å²) < 4.78 is 11.2. The number of nitrogens with one attached hydrogen (secondary N) is 1. The monoisotopic (exact) mass is 500 g/mol. The van der Waals surface area contributed by atoms with Gasteiger partial charge in [0.25, 0.3) is 5.91 Å². The molecule has 3 rings (SSSR count). The lowest BCUT2D eigenvalue weighted by Crippen LogP contribution is -2.52. The van der Waals surface area contributed by atoms with Crippen LogP contribution in [0.15, 0.2) is 36.4 Å². The predicted molar refractivity (Wildman–Crippen MR) is 139 cm³/mol. The zero-order chi connectivity index (χ0) is 25.4. The van der Waals surface area contributed by atoms with Crippen molar-refractivity contribution in [3.63, 3.8) is 0 Å². The average molecular weight is 501 g/mol. The first-order valence-corrected chi connectivity index (χ1v) is 12.8. The van der Waals surface area contributed by atoms with E-state index < -0.39 is 6.04 Å². The molecule has 1 aliphatic rings. The van der Waals surface area contributed by atoms with E-state index in [0.29, 0.717) is 22.9 Å². The van der Waals surface area contributed by atoms with Crippen molar-refractivity contribution in [3.8, 4) is 11.5 Å². The van der Waals surface area contributed by atoms with Gasteiger partial charge in [-0.05, 0) is 74.1 Å². The second kappa shape index (κ2) is 12.8. The van der Waals surface area contributed by atoms with Crippen molar-refractivity contribution in [2.24, 2.45) is 0 Å². The van der Waals surface area contributed by atoms with Crippen LogP contribution in [0.3, 0.4) is 0 Å². The molecule has 1 atom stereocenters. The molecule has 2 amide bonds. The number of hydrogen-bond acceptors (Lipinski definition) is 4. The summed E-state index contributed by atoms with van der Waals surface area (Å²) in [4.78, 5) is 28.4. The topological polar surface area (TPSA) is 67.9 Å². The van der Waals surface area contributed by atoms with Crippen LogP contribution in [0.25, 0.3) is 0 Å². The quantitative estimate of drug-likeness (QED) is 0.461. The Balaban J connectivity index is 1.79. The van der Waals surface area contributed by atoms with Gasteiger partial charge in [-0.2, -0.15) is 0 Å². The largest absolute Gasteiger partial charge is 0.497 e. The van der Waals surface area contributed by atoms with E-state index in [2.05, 4.69) is 5.32 Å². The third-order valence-electron chi connectivity index (χ3n) is 6.60. The van der Waals surface area contributed by atoms with Crippen molar-refractivity contribution in [3.05, 3.63) is 58.1 Å². The van der Waals surface area contributed by atoms with E-state index in [9.17, 15) is 9.59 Å². The summed E-state index contributed by atoms with van der Waals surface area (Å²) in [6.45, 7) is 5.86. The maximum atomic E-state index is 13.5. The molecule has 0 spiro atoms. The number of carbonyl (C=O) groups is 2. The molecule has 1 unspecified atom stereocenters. The lowest BCUT2D eigenvalue weighted by molar-refractivity contribution is -0.143. The number of nitrogens with zero attached hydrogens (tertiary/aromatic N) is 1. The van der Waals surface area contributed by atoms with E-state index in [1.165, 1.54) is 6.42 Å². The first-order valence-electron chi connectivity index (χ1n) is 12.4. The highest BCUT2D eigenvalue weighted by atomic mass is 35.5. The first kappa shape index (κ1) is 26.9. The SMILES string of the molecule is CCC(C(=O)NC1CCCCC1)N(Cc1cccc(OC)c1)C(=O)COc1cc(C)c(Cl)c(C)c1. The fourth-order valence-electron chi connectivity index (χ4n) is 4.65. The molecule has 1 saturated carbocycles. The fourth-order valence-corrected chi connectivity index (χ4v) is 4.76. The van der Waals surface area contributed by atoms with Crippen LogP contribution in [0.5, 0.6) is 11.5 Å². The number of benzene rings is 2. The maximum Gasteiger partial charge on any atom is 0.261 e. The van der Waals surface area contributed by atoms with Crippen LogP contribution in [-0.4, -0.2) is 42.5 Å². The Hall–Kier alpha value is -2.73. The van der Waals surface area contributed by atoms with Gasteiger partial charge >= 0.3 is 0 Å². The van der Waals surface area contributed by atoms with E-state index in [0.717, 1.165) is 42.4 Å². The number of carbonyl (C=O) groups excluding carboxylic acids is 2. The molecular weight excluding hydrogens is 464 g/mol. The van der Waals surface area contributed by atoms with Gasteiger partial charge in [0.1, 0.15) is 17.5 Å². The van der Waals surface area contributed by atoms with E-state index in [-0.39, 0.29) is 31.0 Å². The summed E-state index contributed by atoms with van der Waals surface area (Å²) >= 11 is 6.27. The van der Waals surface area contributed by atoms with Crippen molar-refractivity contribution < 1.29 is 19.1 Å². The standard InChI is InChI=1S/C28H37ClN2O4/c1-5-25(28(33)30-22-11-7-6-8-12-22)31(17-21-10-9-13-23(16-21)34-4)26(32)18-35-24-14-19(2)27(29)20(3)15-24/h9-10,13-16,22,25H,5-8,11-12,17-18H2,1-4H3,(H,30,33). The zero-order valence-electron chi connectivity index (χ0n) is 21.2. The molecule has 1 aliphatic carbocycles. The zero-order valence-corrected chi connectivity index (χ0v) is 22.0. The Morgan fingerprint density at radius 3 is 2.40 bits per heavy atom. The third kappa shape index (κ3) is 7.38. The van der Waals surface area contributed by atoms with Gasteiger partial charge < -0.3 is 19.7 Å². The fraction of sp³-hybridized carbons (Fsp3) is 0.500. The molecule has 0 aromatic heterocycles. The maximum absolute atomic E-state index is 13.5. The number of ether oxygens (including phenoxy) is 2. The van der Waals surface area contributed by atoms with Gasteiger partial charge in [0, 0.05) is 17.6 Å². The Morgan fingerprint density at radius 1 is 1.09 bits per heavy atom. The van der Waals surface area contributed by atoms with Crippen LogP contribution in [0, 0.1) is 13.8 Å². The van der Waals surface area contributed by atoms with Crippen molar-refractivity contribution >= 4 is 23.4 Å². The Kier molecular flexibility index (Phi) is 9.84. The Labute approximate surface area is 213 Å². The van der Waals surface area contributed by atoms with E-state index in [1.807, 2.05) is 57.2 Å². The molecule has 0 bridgehead atoms. The van der Waals surface area contributed by atoms with E-state index in [1.54, 1.807) is 12.0 Å². The smallest absolute Gasteiger partial charge is 0.261 e. The highest BCUT2D eigenvalue weighted by Crippen LogP contribution is 2.26. The van der Waals surface area contributed by atoms with Crippen LogP contribution < -0.4 is 14.8 Å². The van der Waals surface area contributed by atoms with Crippen LogP contribution in [0.1, 0.15) is 62.1 Å². The van der Waals surface area contributed by atoms with E-state index in [4.69, 9.17) is 21.1 Å². The van der Waals surface area contributed by atoms with Crippen LogP contribution in [0.2, 0.25) is 5.02 Å². The Morgan fingerprint density at radius 2 is 1.77 bits per heavy atom. The lowest BCUT2D eigenvalue weighted by atomic mass is 9.95. The normalized spacial score (nSPS) is 14.8. The summed E-state index contributed by atoms with van der Waals surface area (Å²) in [5, 5.41) is 3.88. The molecule has 1 fully saturated rings. The number of amides is 2. The van der Waals surface area contributed by atoms with Gasteiger partial charge in [-0.3, -0.25) is 9.59 Å². The van der Waals surface area contributed by atoms with Gasteiger partial charge in [0.2, 0.25) is 5.91 Å². The molecule has 7 heteroatoms. The van der Waals surface area contributed by atoms with Gasteiger partial charge in [-0.15, -0.1) is 0 Å². The molecule has 0 radical (unpaired) electrons. The lowest BCUT2D eigenvalue weighted by Gasteiger charge is -2.32. The summed E-state index contributed by atoms with van der Waals surface area (Å²) in [5.74, 6) is 0.939. The second-order valence-electron chi connectivity index (χ2n) is 9.30. The Bertz CT molecular complexity index is 997. The number of aryl methyl sites for hydroxylation is 2. The number of rotatable bonds is 10. The van der Waals surface area contributed by atoms with Crippen LogP contribution >= 0.6 is 11.6 Å². The summed E-state index contributed by atoms with van der Waals surface area (Å²) in [6, 6.07) is 10.8. The highest BCUT2D eigenvalue weighted by Gasteiger charge is 2.30. The molecule has 2 aromatic carbocycles. The highest BCUT2D eigenvalue weighted by molar-refractivity contribution is 6.32. The van der Waals surface area contributed by atoms with Gasteiger partial charge in [0.05, 0.1) is 7.11 Å². The average Bonchev–Trinajstić information content (AvgIpc) is 2.86. The van der Waals surface area contributed by atoms with Gasteiger partial charge in [-0.1, -0.05) is 49.9 Å². The molecule has 2 aromatic rings. The molecular formula is C28H37ClN2O4. The van der Waals surface area contributed by atoms with Crippen LogP contribution in [0.4, 0.5) is 0 Å². The molecule has 0 heterocycles. The van der Waals surface area contributed by atoms with Crippen molar-refractivity contribution in [2.75, 3.05) is 13.7 Å². The minimum Gasteiger partial charge on any atom is -0.497 e. The van der Waals surface area contributed by atoms with Crippen molar-refractivity contribution in [2.45, 2.75) is 77.9 Å². The minimum absolute atomic E-state index is 0.103. The first-order chi connectivity index (χ1) is 16.8. The predicted octanol–water partition coefficient (Wildman–Crippen LogP) is 5.60. The summed E-state index contributed by atoms with van der Waals surface area (Å²) in [6.07, 6.45) is 5.96. The third-order valence-corrected chi connectivity index (χ3v) is 7.19. The molecule has 0 saturated heterocycles. The van der Waals surface area contributed by atoms with E-state index >= 15 is 0 Å². The molecule has 190 valence electrons. The summed E-state index contributed by atoms with van der Waals surface area (Å²) in [5.41, 5.74) is 2.67. The molecule has 0 aliphatic heterocycles. The molecule has 1 N–H and O–H groups in total. The van der Waals surface area contributed by atoms with Gasteiger partial charge in [-0.25, -0.2) is 0 Å². The minimum atomic E-state index is -0.590. The number of hydrogen-bond donors (Lipinski definition) is 1.